The van der Waals surface area contributed by atoms with Crippen molar-refractivity contribution < 1.29 is 4.79 Å². The Morgan fingerprint density at radius 2 is 2.14 bits per heavy atom. The Labute approximate surface area is 172 Å². The number of likely N-dealkylation sites (tertiary alicyclic amines) is 1. The Morgan fingerprint density at radius 3 is 2.82 bits per heavy atom. The predicted molar refractivity (Wildman–Crippen MR) is 111 cm³/mol. The van der Waals surface area contributed by atoms with Crippen LogP contribution in [0.25, 0.3) is 0 Å². The van der Waals surface area contributed by atoms with Crippen molar-refractivity contribution >= 4 is 17.5 Å². The van der Waals surface area contributed by atoms with Crippen molar-refractivity contribution in [3.63, 3.8) is 0 Å². The fourth-order valence-electron chi connectivity index (χ4n) is 3.76. The van der Waals surface area contributed by atoms with E-state index in [9.17, 15) is 4.79 Å². The van der Waals surface area contributed by atoms with Gasteiger partial charge < -0.3 is 5.32 Å². The molecule has 1 aliphatic rings. The topological polar surface area (TPSA) is 63.1 Å². The van der Waals surface area contributed by atoms with Gasteiger partial charge in [-0.05, 0) is 56.3 Å². The Kier molecular flexibility index (Phi) is 7.45. The van der Waals surface area contributed by atoms with Gasteiger partial charge in [0.2, 0.25) is 5.91 Å². The van der Waals surface area contributed by atoms with E-state index in [4.69, 9.17) is 11.6 Å². The number of amides is 1. The van der Waals surface area contributed by atoms with Gasteiger partial charge in [0.1, 0.15) is 5.15 Å². The number of rotatable bonds is 8. The molecule has 0 spiro atoms. The standard InChI is InChI=1S/C21H30ClN5O/c1-3-19-18(21(22)26(2)25-19)15-27-11-8-17(9-12-27)14-24-20(28)7-6-16-5-4-10-23-13-16/h4-5,10,13,17H,3,6-9,11-12,14-15H2,1-2H3,(H,24,28). The summed E-state index contributed by atoms with van der Waals surface area (Å²) in [7, 11) is 1.90. The minimum absolute atomic E-state index is 0.126. The van der Waals surface area contributed by atoms with E-state index < -0.39 is 0 Å². The number of halogens is 1. The molecule has 6 nitrogen and oxygen atoms in total. The number of nitrogens with zero attached hydrogens (tertiary/aromatic N) is 4. The van der Waals surface area contributed by atoms with Gasteiger partial charge >= 0.3 is 0 Å². The highest BCUT2D eigenvalue weighted by Gasteiger charge is 2.22. The zero-order valence-electron chi connectivity index (χ0n) is 16.8. The summed E-state index contributed by atoms with van der Waals surface area (Å²) in [6.07, 6.45) is 7.93. The third kappa shape index (κ3) is 5.55. The molecule has 1 fully saturated rings. The smallest absolute Gasteiger partial charge is 0.220 e. The van der Waals surface area contributed by atoms with E-state index in [1.807, 2.05) is 25.4 Å². The molecule has 7 heteroatoms. The molecular formula is C21H30ClN5O. The Bertz CT molecular complexity index is 769. The number of hydrogen-bond donors (Lipinski definition) is 1. The van der Waals surface area contributed by atoms with E-state index in [1.165, 1.54) is 0 Å². The van der Waals surface area contributed by atoms with Crippen LogP contribution in [-0.4, -0.2) is 45.2 Å². The lowest BCUT2D eigenvalue weighted by Gasteiger charge is -2.32. The highest BCUT2D eigenvalue weighted by atomic mass is 35.5. The van der Waals surface area contributed by atoms with Crippen LogP contribution in [0, 0.1) is 5.92 Å². The van der Waals surface area contributed by atoms with Crippen LogP contribution >= 0.6 is 11.6 Å². The molecule has 0 aromatic carbocycles. The average molecular weight is 404 g/mol. The van der Waals surface area contributed by atoms with Gasteiger partial charge in [-0.25, -0.2) is 0 Å². The van der Waals surface area contributed by atoms with Crippen molar-refractivity contribution in [3.8, 4) is 0 Å². The molecule has 3 heterocycles. The summed E-state index contributed by atoms with van der Waals surface area (Å²) in [5.41, 5.74) is 3.36. The van der Waals surface area contributed by atoms with Gasteiger partial charge in [0.05, 0.1) is 5.69 Å². The van der Waals surface area contributed by atoms with E-state index >= 15 is 0 Å². The fourth-order valence-corrected chi connectivity index (χ4v) is 3.97. The lowest BCUT2D eigenvalue weighted by Crippen LogP contribution is -2.38. The van der Waals surface area contributed by atoms with Gasteiger partial charge in [0.15, 0.2) is 0 Å². The molecule has 1 aliphatic heterocycles. The first kappa shape index (κ1) is 20.8. The molecule has 0 radical (unpaired) electrons. The summed E-state index contributed by atoms with van der Waals surface area (Å²) in [4.78, 5) is 18.6. The summed E-state index contributed by atoms with van der Waals surface area (Å²) in [5, 5.41) is 8.36. The molecule has 28 heavy (non-hydrogen) atoms. The number of carbonyl (C=O) groups is 1. The van der Waals surface area contributed by atoms with Crippen LogP contribution in [0.4, 0.5) is 0 Å². The number of nitrogens with one attached hydrogen (secondary N) is 1. The second kappa shape index (κ2) is 10.0. The third-order valence-electron chi connectivity index (χ3n) is 5.53. The molecule has 0 saturated carbocycles. The largest absolute Gasteiger partial charge is 0.356 e. The number of pyridine rings is 1. The van der Waals surface area contributed by atoms with Crippen molar-refractivity contribution in [1.82, 2.24) is 25.0 Å². The SMILES string of the molecule is CCc1nn(C)c(Cl)c1CN1CCC(CNC(=O)CCc2cccnc2)CC1. The molecule has 2 aromatic heterocycles. The van der Waals surface area contributed by atoms with Gasteiger partial charge in [0.25, 0.3) is 0 Å². The molecule has 0 atom stereocenters. The van der Waals surface area contributed by atoms with E-state index in [2.05, 4.69) is 27.2 Å². The van der Waals surface area contributed by atoms with Crippen molar-refractivity contribution in [2.45, 2.75) is 45.6 Å². The summed E-state index contributed by atoms with van der Waals surface area (Å²) in [6.45, 7) is 5.81. The summed E-state index contributed by atoms with van der Waals surface area (Å²) in [5.74, 6) is 0.676. The van der Waals surface area contributed by atoms with Gasteiger partial charge in [-0.15, -0.1) is 0 Å². The van der Waals surface area contributed by atoms with Crippen LogP contribution in [0.5, 0.6) is 0 Å². The zero-order chi connectivity index (χ0) is 19.9. The first-order valence-electron chi connectivity index (χ1n) is 10.1. The quantitative estimate of drug-likeness (QED) is 0.735. The maximum absolute atomic E-state index is 12.1. The summed E-state index contributed by atoms with van der Waals surface area (Å²) < 4.78 is 1.77. The highest BCUT2D eigenvalue weighted by molar-refractivity contribution is 6.30. The maximum atomic E-state index is 12.1. The maximum Gasteiger partial charge on any atom is 0.220 e. The third-order valence-corrected chi connectivity index (χ3v) is 6.00. The number of piperidine rings is 1. The molecule has 1 amide bonds. The van der Waals surface area contributed by atoms with Crippen LogP contribution in [-0.2, 0) is 31.2 Å². The number of hydrogen-bond acceptors (Lipinski definition) is 4. The number of carbonyl (C=O) groups excluding carboxylic acids is 1. The van der Waals surface area contributed by atoms with Crippen molar-refractivity contribution in [2.75, 3.05) is 19.6 Å². The van der Waals surface area contributed by atoms with Crippen molar-refractivity contribution in [3.05, 3.63) is 46.5 Å². The number of aromatic nitrogens is 3. The summed E-state index contributed by atoms with van der Waals surface area (Å²) in [6, 6.07) is 3.91. The Hall–Kier alpha value is -1.92. The van der Waals surface area contributed by atoms with Crippen molar-refractivity contribution in [2.24, 2.45) is 13.0 Å². The first-order chi connectivity index (χ1) is 13.6. The molecule has 152 valence electrons. The Morgan fingerprint density at radius 1 is 1.36 bits per heavy atom. The number of aryl methyl sites for hydroxylation is 3. The highest BCUT2D eigenvalue weighted by Crippen LogP contribution is 2.24. The second-order valence-electron chi connectivity index (χ2n) is 7.58. The molecule has 2 aromatic rings. The fraction of sp³-hybridized carbons (Fsp3) is 0.571. The predicted octanol–water partition coefficient (Wildman–Crippen LogP) is 2.99. The molecule has 0 aliphatic carbocycles. The van der Waals surface area contributed by atoms with Gasteiger partial charge in [-0.3, -0.25) is 19.4 Å². The van der Waals surface area contributed by atoms with Crippen LogP contribution in [0.2, 0.25) is 5.15 Å². The minimum atomic E-state index is 0.126. The zero-order valence-corrected chi connectivity index (χ0v) is 17.6. The van der Waals surface area contributed by atoms with Crippen LogP contribution in [0.1, 0.15) is 43.0 Å². The molecule has 1 N–H and O–H groups in total. The Balaban J connectivity index is 1.38. The molecular weight excluding hydrogens is 374 g/mol. The average Bonchev–Trinajstić information content (AvgIpc) is 3.00. The van der Waals surface area contributed by atoms with Crippen molar-refractivity contribution in [1.29, 1.82) is 0 Å². The van der Waals surface area contributed by atoms with Gasteiger partial charge in [0, 0.05) is 44.5 Å². The first-order valence-corrected chi connectivity index (χ1v) is 10.5. The summed E-state index contributed by atoms with van der Waals surface area (Å²) >= 11 is 6.42. The van der Waals surface area contributed by atoms with E-state index in [0.717, 1.165) is 73.8 Å². The van der Waals surface area contributed by atoms with Gasteiger partial charge in [-0.1, -0.05) is 24.6 Å². The van der Waals surface area contributed by atoms with Crippen LogP contribution in [0.3, 0.4) is 0 Å². The normalized spacial score (nSPS) is 15.7. The second-order valence-corrected chi connectivity index (χ2v) is 7.94. The lowest BCUT2D eigenvalue weighted by atomic mass is 9.96. The van der Waals surface area contributed by atoms with Crippen LogP contribution in [0.15, 0.2) is 24.5 Å². The van der Waals surface area contributed by atoms with E-state index in [1.54, 1.807) is 10.9 Å². The molecule has 0 unspecified atom stereocenters. The minimum Gasteiger partial charge on any atom is -0.356 e. The molecule has 3 rings (SSSR count). The van der Waals surface area contributed by atoms with Gasteiger partial charge in [-0.2, -0.15) is 5.10 Å². The monoisotopic (exact) mass is 403 g/mol. The lowest BCUT2D eigenvalue weighted by molar-refractivity contribution is -0.121. The molecule has 1 saturated heterocycles. The van der Waals surface area contributed by atoms with E-state index in [0.29, 0.717) is 12.3 Å². The molecule has 0 bridgehead atoms. The van der Waals surface area contributed by atoms with E-state index in [-0.39, 0.29) is 5.91 Å². The van der Waals surface area contributed by atoms with Crippen LogP contribution < -0.4 is 5.32 Å².